The highest BCUT2D eigenvalue weighted by atomic mass is 32.7. The van der Waals surface area contributed by atoms with Gasteiger partial charge >= 0.3 is 6.80 Å². The zero-order chi connectivity index (χ0) is 25.6. The van der Waals surface area contributed by atoms with Gasteiger partial charge in [-0.05, 0) is 42.4 Å². The fourth-order valence-electron chi connectivity index (χ4n) is 3.54. The van der Waals surface area contributed by atoms with E-state index in [4.69, 9.17) is 27.8 Å². The summed E-state index contributed by atoms with van der Waals surface area (Å²) >= 11 is 1.05. The second kappa shape index (κ2) is 13.0. The maximum absolute atomic E-state index is 13.8. The third-order valence-electron chi connectivity index (χ3n) is 6.80. The summed E-state index contributed by atoms with van der Waals surface area (Å²) in [6, 6.07) is 0. The minimum Gasteiger partial charge on any atom is -0.411 e. The molecule has 9 nitrogen and oxygen atoms in total. The summed E-state index contributed by atoms with van der Waals surface area (Å²) < 4.78 is 44.0. The van der Waals surface area contributed by atoms with Crippen molar-refractivity contribution in [1.29, 1.82) is 0 Å². The molecule has 0 aromatic carbocycles. The number of carbonyl (C=O) groups excluding carboxylic acids is 1. The maximum Gasteiger partial charge on any atom is 0.389 e. The van der Waals surface area contributed by atoms with Gasteiger partial charge in [0.2, 0.25) is 5.91 Å². The van der Waals surface area contributed by atoms with Crippen LogP contribution in [-0.4, -0.2) is 83.4 Å². The summed E-state index contributed by atoms with van der Waals surface area (Å²) in [7, 11) is 0.981. The molecule has 2 rings (SSSR count). The predicted octanol–water partition coefficient (Wildman–Crippen LogP) is 5.02. The Morgan fingerprint density at radius 2 is 1.76 bits per heavy atom. The van der Waals surface area contributed by atoms with Crippen LogP contribution in [0.15, 0.2) is 0 Å². The second-order valence-corrected chi connectivity index (χ2v) is 19.2. The van der Waals surface area contributed by atoms with Crippen molar-refractivity contribution in [3.8, 4) is 0 Å². The number of hydroxylamine groups is 2. The zero-order valence-electron chi connectivity index (χ0n) is 22.0. The van der Waals surface area contributed by atoms with E-state index in [1.165, 1.54) is 7.11 Å². The normalized spacial score (nSPS) is 27.6. The van der Waals surface area contributed by atoms with E-state index in [1.54, 1.807) is 7.05 Å². The summed E-state index contributed by atoms with van der Waals surface area (Å²) in [6.45, 7) is 10.7. The standard InChI is InChI=1S/C22H44NO8PSSi/c1-9-17-18(10-13-27-17)30-32(25,33-15-12-21(24)23(5)26-6)29-16-20-19(11-14-28-20)31-34(7,8)22(2,3)4/h17-20H,9-16H2,1-8H3/t17-,18-,19-,20-,32+/m1/s1. The van der Waals surface area contributed by atoms with Gasteiger partial charge < -0.3 is 13.9 Å². The average molecular weight is 542 g/mol. The monoisotopic (exact) mass is 541 g/mol. The molecule has 0 radical (unpaired) electrons. The fraction of sp³-hybridized carbons (Fsp3) is 0.955. The minimum absolute atomic E-state index is 0.0782. The van der Waals surface area contributed by atoms with Crippen molar-refractivity contribution in [1.82, 2.24) is 5.06 Å². The van der Waals surface area contributed by atoms with Crippen molar-refractivity contribution in [3.05, 3.63) is 0 Å². The van der Waals surface area contributed by atoms with Crippen LogP contribution in [-0.2, 0) is 37.1 Å². The van der Waals surface area contributed by atoms with Gasteiger partial charge in [-0.15, -0.1) is 0 Å². The molecule has 0 aromatic heterocycles. The molecule has 2 heterocycles. The van der Waals surface area contributed by atoms with Crippen molar-refractivity contribution in [2.75, 3.05) is 39.7 Å². The molecular formula is C22H44NO8PSSi. The molecule has 0 unspecified atom stereocenters. The summed E-state index contributed by atoms with van der Waals surface area (Å²) in [6.07, 6.45) is 1.53. The van der Waals surface area contributed by atoms with Gasteiger partial charge in [-0.2, -0.15) is 0 Å². The lowest BCUT2D eigenvalue weighted by Gasteiger charge is -2.39. The van der Waals surface area contributed by atoms with Crippen molar-refractivity contribution in [2.45, 2.75) is 95.9 Å². The Hall–Kier alpha value is 0.0269. The van der Waals surface area contributed by atoms with Crippen molar-refractivity contribution in [3.63, 3.8) is 0 Å². The smallest absolute Gasteiger partial charge is 0.389 e. The predicted molar refractivity (Wildman–Crippen MR) is 136 cm³/mol. The summed E-state index contributed by atoms with van der Waals surface area (Å²) in [4.78, 5) is 17.0. The quantitative estimate of drug-likeness (QED) is 0.181. The summed E-state index contributed by atoms with van der Waals surface area (Å²) in [5.41, 5.74) is 0. The molecule has 2 aliphatic rings. The van der Waals surface area contributed by atoms with Crippen LogP contribution in [0.1, 0.15) is 53.4 Å². The van der Waals surface area contributed by atoms with E-state index < -0.39 is 15.1 Å². The number of amides is 1. The Kier molecular flexibility index (Phi) is 11.6. The molecule has 2 aliphatic heterocycles. The summed E-state index contributed by atoms with van der Waals surface area (Å²) in [5, 5.41) is 1.23. The highest BCUT2D eigenvalue weighted by Crippen LogP contribution is 2.62. The third kappa shape index (κ3) is 8.56. The Morgan fingerprint density at radius 3 is 2.35 bits per heavy atom. The number of rotatable bonds is 13. The lowest BCUT2D eigenvalue weighted by Crippen LogP contribution is -2.46. The third-order valence-corrected chi connectivity index (χ3v) is 15.1. The van der Waals surface area contributed by atoms with Crippen molar-refractivity contribution < 1.29 is 37.1 Å². The van der Waals surface area contributed by atoms with E-state index in [9.17, 15) is 9.36 Å². The topological polar surface area (TPSA) is 92.8 Å². The largest absolute Gasteiger partial charge is 0.411 e. The molecule has 5 atom stereocenters. The van der Waals surface area contributed by atoms with Gasteiger partial charge in [-0.25, -0.2) is 9.63 Å². The minimum atomic E-state index is -3.58. The van der Waals surface area contributed by atoms with Crippen LogP contribution in [0.4, 0.5) is 0 Å². The number of hydrogen-bond donors (Lipinski definition) is 0. The molecule has 0 bridgehead atoms. The van der Waals surface area contributed by atoms with Gasteiger partial charge in [0.05, 0.1) is 32.0 Å². The Balaban J connectivity index is 2.03. The van der Waals surface area contributed by atoms with Gasteiger partial charge in [0, 0.05) is 38.9 Å². The highest BCUT2D eigenvalue weighted by Gasteiger charge is 2.44. The molecule has 2 fully saturated rings. The van der Waals surface area contributed by atoms with Gasteiger partial charge in [-0.1, -0.05) is 27.7 Å². The molecule has 34 heavy (non-hydrogen) atoms. The highest BCUT2D eigenvalue weighted by molar-refractivity contribution is 8.55. The fourth-order valence-corrected chi connectivity index (χ4v) is 8.37. The average Bonchev–Trinajstić information content (AvgIpc) is 3.39. The van der Waals surface area contributed by atoms with Crippen LogP contribution in [0.25, 0.3) is 0 Å². The van der Waals surface area contributed by atoms with Crippen LogP contribution in [0, 0.1) is 0 Å². The van der Waals surface area contributed by atoms with Crippen LogP contribution in [0.3, 0.4) is 0 Å². The molecule has 0 saturated carbocycles. The number of hydrogen-bond acceptors (Lipinski definition) is 9. The van der Waals surface area contributed by atoms with E-state index >= 15 is 0 Å². The Morgan fingerprint density at radius 1 is 1.15 bits per heavy atom. The van der Waals surface area contributed by atoms with E-state index in [0.717, 1.165) is 29.3 Å². The summed E-state index contributed by atoms with van der Waals surface area (Å²) in [5.74, 6) is 0.0722. The zero-order valence-corrected chi connectivity index (χ0v) is 24.7. The first-order valence-corrected chi connectivity index (χ1v) is 18.1. The first kappa shape index (κ1) is 30.3. The van der Waals surface area contributed by atoms with Gasteiger partial charge in [0.1, 0.15) is 6.10 Å². The molecule has 0 aliphatic carbocycles. The van der Waals surface area contributed by atoms with E-state index in [0.29, 0.717) is 19.6 Å². The molecule has 0 N–H and O–H groups in total. The number of ether oxygens (including phenoxy) is 2. The van der Waals surface area contributed by atoms with E-state index in [-0.39, 0.29) is 54.1 Å². The van der Waals surface area contributed by atoms with Crippen LogP contribution >= 0.6 is 18.2 Å². The number of nitrogens with zero attached hydrogens (tertiary/aromatic N) is 1. The molecule has 1 amide bonds. The molecule has 0 aromatic rings. The first-order valence-electron chi connectivity index (χ1n) is 12.1. The van der Waals surface area contributed by atoms with Gasteiger partial charge in [-0.3, -0.25) is 18.7 Å². The van der Waals surface area contributed by atoms with E-state index in [2.05, 4.69) is 33.9 Å². The Bertz CT molecular complexity index is 707. The first-order chi connectivity index (χ1) is 15.8. The molecule has 2 saturated heterocycles. The number of carbonyl (C=O) groups is 1. The second-order valence-electron chi connectivity index (χ2n) is 10.3. The van der Waals surface area contributed by atoms with E-state index in [1.807, 2.05) is 6.92 Å². The lowest BCUT2D eigenvalue weighted by molar-refractivity contribution is -0.168. The lowest BCUT2D eigenvalue weighted by atomic mass is 10.1. The van der Waals surface area contributed by atoms with Crippen molar-refractivity contribution >= 4 is 32.4 Å². The Labute approximate surface area is 210 Å². The van der Waals surface area contributed by atoms with Gasteiger partial charge in [0.25, 0.3) is 0 Å². The SMILES string of the molecule is CC[C@H]1OCC[C@H]1O[P@](=O)(OC[C@H]1OCC[C@H]1O[Si](C)(C)C(C)(C)C)SCCC(=O)N(C)OC. The molecule has 0 spiro atoms. The van der Waals surface area contributed by atoms with Crippen LogP contribution in [0.2, 0.25) is 18.1 Å². The molecule has 12 heteroatoms. The molecule has 200 valence electrons. The van der Waals surface area contributed by atoms with Crippen LogP contribution in [0.5, 0.6) is 0 Å². The van der Waals surface area contributed by atoms with Gasteiger partial charge in [0.15, 0.2) is 8.32 Å². The van der Waals surface area contributed by atoms with Crippen LogP contribution < -0.4 is 0 Å². The molecular weight excluding hydrogens is 497 g/mol. The van der Waals surface area contributed by atoms with Crippen molar-refractivity contribution in [2.24, 2.45) is 0 Å². The maximum atomic E-state index is 13.8.